The summed E-state index contributed by atoms with van der Waals surface area (Å²) in [6.45, 7) is 2.61. The van der Waals surface area contributed by atoms with Crippen LogP contribution in [0.3, 0.4) is 0 Å². The van der Waals surface area contributed by atoms with Crippen molar-refractivity contribution in [2.24, 2.45) is 0 Å². The highest BCUT2D eigenvalue weighted by Gasteiger charge is 2.18. The second kappa shape index (κ2) is 7.45. The molecule has 27 heavy (non-hydrogen) atoms. The molecule has 0 bridgehead atoms. The van der Waals surface area contributed by atoms with E-state index in [1.54, 1.807) is 35.0 Å². The Hall–Kier alpha value is -2.78. The number of aryl methyl sites for hydroxylation is 1. The van der Waals surface area contributed by atoms with E-state index < -0.39 is 16.0 Å². The standard InChI is InChI=1S/C18H20N4O4S/c1-4-22-17-9-8-14(11-16(17)19-20-22)18(23)26-12-13-6-5-7-15(10-13)27(24,25)21(2)3/h5-11H,4,12H2,1-3H3. The van der Waals surface area contributed by atoms with Crippen molar-refractivity contribution in [1.82, 2.24) is 19.3 Å². The number of esters is 1. The van der Waals surface area contributed by atoms with Crippen molar-refractivity contribution < 1.29 is 17.9 Å². The topological polar surface area (TPSA) is 94.4 Å². The number of rotatable bonds is 6. The number of sulfonamides is 1. The first-order valence-corrected chi connectivity index (χ1v) is 9.78. The van der Waals surface area contributed by atoms with Gasteiger partial charge in [0, 0.05) is 20.6 Å². The first-order chi connectivity index (χ1) is 12.8. The molecule has 8 nitrogen and oxygen atoms in total. The number of hydrogen-bond acceptors (Lipinski definition) is 6. The summed E-state index contributed by atoms with van der Waals surface area (Å²) in [6, 6.07) is 11.4. The molecular weight excluding hydrogens is 368 g/mol. The fourth-order valence-corrected chi connectivity index (χ4v) is 3.54. The lowest BCUT2D eigenvalue weighted by atomic mass is 10.2. The minimum atomic E-state index is -3.54. The molecule has 0 aliphatic heterocycles. The monoisotopic (exact) mass is 388 g/mol. The minimum absolute atomic E-state index is 0.0324. The Morgan fingerprint density at radius 1 is 1.19 bits per heavy atom. The number of nitrogens with zero attached hydrogens (tertiary/aromatic N) is 4. The molecule has 2 aromatic carbocycles. The summed E-state index contributed by atoms with van der Waals surface area (Å²) in [5, 5.41) is 8.05. The van der Waals surface area contributed by atoms with Crippen molar-refractivity contribution in [1.29, 1.82) is 0 Å². The average molecular weight is 388 g/mol. The molecular formula is C18H20N4O4S. The highest BCUT2D eigenvalue weighted by molar-refractivity contribution is 7.89. The van der Waals surface area contributed by atoms with Gasteiger partial charge in [-0.2, -0.15) is 0 Å². The first-order valence-electron chi connectivity index (χ1n) is 8.34. The Kier molecular flexibility index (Phi) is 5.24. The smallest absolute Gasteiger partial charge is 0.338 e. The summed E-state index contributed by atoms with van der Waals surface area (Å²) < 4.78 is 32.6. The van der Waals surface area contributed by atoms with Crippen LogP contribution in [0.5, 0.6) is 0 Å². The van der Waals surface area contributed by atoms with E-state index in [0.717, 1.165) is 9.82 Å². The molecule has 0 atom stereocenters. The van der Waals surface area contributed by atoms with E-state index >= 15 is 0 Å². The Morgan fingerprint density at radius 3 is 2.67 bits per heavy atom. The van der Waals surface area contributed by atoms with Crippen LogP contribution in [0, 0.1) is 0 Å². The molecule has 3 rings (SSSR count). The SMILES string of the molecule is CCn1nnc2cc(C(=O)OCc3cccc(S(=O)(=O)N(C)C)c3)ccc21. The molecule has 0 radical (unpaired) electrons. The van der Waals surface area contributed by atoms with E-state index in [-0.39, 0.29) is 11.5 Å². The Bertz CT molecular complexity index is 1090. The molecule has 9 heteroatoms. The number of hydrogen-bond donors (Lipinski definition) is 0. The molecule has 0 amide bonds. The average Bonchev–Trinajstić information content (AvgIpc) is 3.08. The number of benzene rings is 2. The predicted octanol–water partition coefficient (Wildman–Crippen LogP) is 2.06. The van der Waals surface area contributed by atoms with Crippen molar-refractivity contribution in [2.75, 3.05) is 14.1 Å². The highest BCUT2D eigenvalue weighted by Crippen LogP contribution is 2.17. The van der Waals surface area contributed by atoms with Gasteiger partial charge in [0.1, 0.15) is 12.1 Å². The molecule has 3 aromatic rings. The van der Waals surface area contributed by atoms with E-state index in [2.05, 4.69) is 10.3 Å². The number of carbonyl (C=O) groups excluding carboxylic acids is 1. The van der Waals surface area contributed by atoms with E-state index in [4.69, 9.17) is 4.74 Å². The predicted molar refractivity (Wildman–Crippen MR) is 99.6 cm³/mol. The van der Waals surface area contributed by atoms with E-state index in [0.29, 0.717) is 23.2 Å². The van der Waals surface area contributed by atoms with E-state index in [9.17, 15) is 13.2 Å². The van der Waals surface area contributed by atoms with Crippen LogP contribution in [0.15, 0.2) is 47.4 Å². The van der Waals surface area contributed by atoms with E-state index in [1.807, 2.05) is 6.92 Å². The van der Waals surface area contributed by atoms with Gasteiger partial charge in [-0.25, -0.2) is 22.2 Å². The third kappa shape index (κ3) is 3.83. The van der Waals surface area contributed by atoms with E-state index in [1.165, 1.54) is 26.2 Å². The molecule has 0 unspecified atom stereocenters. The van der Waals surface area contributed by atoms with Gasteiger partial charge in [0.05, 0.1) is 16.0 Å². The van der Waals surface area contributed by atoms with Gasteiger partial charge in [-0.05, 0) is 42.8 Å². The molecule has 1 heterocycles. The van der Waals surface area contributed by atoms with Crippen molar-refractivity contribution in [2.45, 2.75) is 25.0 Å². The third-order valence-electron chi connectivity index (χ3n) is 4.10. The maximum Gasteiger partial charge on any atom is 0.338 e. The van der Waals surface area contributed by atoms with Crippen LogP contribution < -0.4 is 0 Å². The minimum Gasteiger partial charge on any atom is -0.457 e. The molecule has 0 spiro atoms. The van der Waals surface area contributed by atoms with Crippen LogP contribution in [0.4, 0.5) is 0 Å². The van der Waals surface area contributed by atoms with Gasteiger partial charge in [0.2, 0.25) is 10.0 Å². The fraction of sp³-hybridized carbons (Fsp3) is 0.278. The molecule has 142 valence electrons. The summed E-state index contributed by atoms with van der Waals surface area (Å²) in [5.74, 6) is -0.510. The zero-order valence-electron chi connectivity index (χ0n) is 15.3. The second-order valence-corrected chi connectivity index (χ2v) is 8.27. The third-order valence-corrected chi connectivity index (χ3v) is 5.91. The lowest BCUT2D eigenvalue weighted by molar-refractivity contribution is 0.0472. The zero-order chi connectivity index (χ0) is 19.6. The maximum absolute atomic E-state index is 12.3. The molecule has 0 fully saturated rings. The van der Waals surface area contributed by atoms with Crippen molar-refractivity contribution >= 4 is 27.0 Å². The normalized spacial score (nSPS) is 11.9. The largest absolute Gasteiger partial charge is 0.457 e. The van der Waals surface area contributed by atoms with Gasteiger partial charge in [-0.3, -0.25) is 0 Å². The lowest BCUT2D eigenvalue weighted by Crippen LogP contribution is -2.22. The fourth-order valence-electron chi connectivity index (χ4n) is 2.57. The zero-order valence-corrected chi connectivity index (χ0v) is 16.1. The van der Waals surface area contributed by atoms with Crippen LogP contribution >= 0.6 is 0 Å². The van der Waals surface area contributed by atoms with Crippen LogP contribution in [0.1, 0.15) is 22.8 Å². The van der Waals surface area contributed by atoms with Gasteiger partial charge >= 0.3 is 5.97 Å². The number of carbonyl (C=O) groups is 1. The maximum atomic E-state index is 12.3. The second-order valence-electron chi connectivity index (χ2n) is 6.12. The summed E-state index contributed by atoms with van der Waals surface area (Å²) in [5.41, 5.74) is 2.41. The number of fused-ring (bicyclic) bond motifs is 1. The van der Waals surface area contributed by atoms with Crippen molar-refractivity contribution in [3.63, 3.8) is 0 Å². The Labute approximate surface area is 157 Å². The number of ether oxygens (including phenoxy) is 1. The molecule has 0 N–H and O–H groups in total. The van der Waals surface area contributed by atoms with Crippen LogP contribution in [-0.4, -0.2) is 47.8 Å². The summed E-state index contributed by atoms with van der Waals surface area (Å²) in [7, 11) is -0.609. The van der Waals surface area contributed by atoms with Gasteiger partial charge in [-0.1, -0.05) is 17.3 Å². The van der Waals surface area contributed by atoms with Gasteiger partial charge < -0.3 is 4.74 Å². The molecule has 1 aromatic heterocycles. The molecule has 0 aliphatic carbocycles. The highest BCUT2D eigenvalue weighted by atomic mass is 32.2. The summed E-state index contributed by atoms with van der Waals surface area (Å²) in [4.78, 5) is 12.5. The first kappa shape index (κ1) is 19.0. The molecule has 0 saturated carbocycles. The number of aromatic nitrogens is 3. The molecule has 0 aliphatic rings. The van der Waals surface area contributed by atoms with Crippen LogP contribution in [0.25, 0.3) is 11.0 Å². The Balaban J connectivity index is 1.74. The molecule has 0 saturated heterocycles. The van der Waals surface area contributed by atoms with Gasteiger partial charge in [0.15, 0.2) is 0 Å². The van der Waals surface area contributed by atoms with Crippen LogP contribution in [0.2, 0.25) is 0 Å². The van der Waals surface area contributed by atoms with Gasteiger partial charge in [-0.15, -0.1) is 5.10 Å². The van der Waals surface area contributed by atoms with Crippen molar-refractivity contribution in [3.05, 3.63) is 53.6 Å². The van der Waals surface area contributed by atoms with Crippen molar-refractivity contribution in [3.8, 4) is 0 Å². The summed E-state index contributed by atoms with van der Waals surface area (Å²) >= 11 is 0. The Morgan fingerprint density at radius 2 is 1.96 bits per heavy atom. The summed E-state index contributed by atoms with van der Waals surface area (Å²) in [6.07, 6.45) is 0. The van der Waals surface area contributed by atoms with Crippen LogP contribution in [-0.2, 0) is 27.9 Å². The lowest BCUT2D eigenvalue weighted by Gasteiger charge is -2.12. The van der Waals surface area contributed by atoms with Gasteiger partial charge in [0.25, 0.3) is 0 Å². The quantitative estimate of drug-likeness (QED) is 0.600.